The molecule has 0 radical (unpaired) electrons. The first-order valence-corrected chi connectivity index (χ1v) is 6.83. The quantitative estimate of drug-likeness (QED) is 0.712. The largest absolute Gasteiger partial charge is 0.383 e. The highest BCUT2D eigenvalue weighted by molar-refractivity contribution is 7.09. The van der Waals surface area contributed by atoms with Crippen molar-refractivity contribution in [2.45, 2.75) is 32.7 Å². The highest BCUT2D eigenvalue weighted by atomic mass is 32.1. The summed E-state index contributed by atoms with van der Waals surface area (Å²) in [5.41, 5.74) is 0. The van der Waals surface area contributed by atoms with Gasteiger partial charge in [0.25, 0.3) is 0 Å². The first-order chi connectivity index (χ1) is 7.83. The number of hydrogen-bond acceptors (Lipinski definition) is 4. The Balaban J connectivity index is 2.61. The van der Waals surface area contributed by atoms with Gasteiger partial charge in [-0.3, -0.25) is 0 Å². The van der Waals surface area contributed by atoms with Crippen LogP contribution >= 0.6 is 11.3 Å². The molecular formula is C12H22N2OS. The van der Waals surface area contributed by atoms with Gasteiger partial charge < -0.3 is 10.1 Å². The summed E-state index contributed by atoms with van der Waals surface area (Å²) in [7, 11) is 1.73. The van der Waals surface area contributed by atoms with E-state index in [0.717, 1.165) is 13.2 Å². The van der Waals surface area contributed by atoms with Crippen molar-refractivity contribution in [3.05, 3.63) is 16.6 Å². The lowest BCUT2D eigenvalue weighted by molar-refractivity contribution is 0.189. The molecule has 0 fully saturated rings. The van der Waals surface area contributed by atoms with Gasteiger partial charge >= 0.3 is 0 Å². The van der Waals surface area contributed by atoms with Crippen LogP contribution in [0.4, 0.5) is 0 Å². The molecule has 1 aromatic rings. The average molecular weight is 242 g/mol. The lowest BCUT2D eigenvalue weighted by atomic mass is 9.94. The number of hydrogen-bond donors (Lipinski definition) is 1. The minimum Gasteiger partial charge on any atom is -0.383 e. The van der Waals surface area contributed by atoms with Gasteiger partial charge in [0.1, 0.15) is 5.01 Å². The van der Waals surface area contributed by atoms with Crippen molar-refractivity contribution >= 4 is 11.3 Å². The number of ether oxygens (including phenoxy) is 1. The molecule has 0 aliphatic rings. The van der Waals surface area contributed by atoms with E-state index >= 15 is 0 Å². The van der Waals surface area contributed by atoms with Gasteiger partial charge in [-0.25, -0.2) is 4.98 Å². The minimum atomic E-state index is 0.380. The zero-order valence-electron chi connectivity index (χ0n) is 10.4. The summed E-state index contributed by atoms with van der Waals surface area (Å²) >= 11 is 1.73. The average Bonchev–Trinajstić information content (AvgIpc) is 2.82. The number of nitrogens with zero attached hydrogens (tertiary/aromatic N) is 1. The molecule has 1 rings (SSSR count). The zero-order chi connectivity index (χ0) is 11.8. The lowest BCUT2D eigenvalue weighted by Gasteiger charge is -2.24. The van der Waals surface area contributed by atoms with Gasteiger partial charge in [-0.15, -0.1) is 11.3 Å². The molecule has 0 aliphatic heterocycles. The standard InChI is InChI=1S/C12H22N2OS/c1-4-10(5-2)11(13-6-8-15-3)12-14-7-9-16-12/h7,9-11,13H,4-6,8H2,1-3H3. The molecule has 1 N–H and O–H groups in total. The second-order valence-electron chi connectivity index (χ2n) is 3.87. The van der Waals surface area contributed by atoms with Gasteiger partial charge in [0.05, 0.1) is 12.6 Å². The van der Waals surface area contributed by atoms with Crippen molar-refractivity contribution in [1.29, 1.82) is 0 Å². The minimum absolute atomic E-state index is 0.380. The van der Waals surface area contributed by atoms with Crippen LogP contribution in [-0.4, -0.2) is 25.2 Å². The second-order valence-corrected chi connectivity index (χ2v) is 4.80. The second kappa shape index (κ2) is 7.76. The molecule has 0 saturated heterocycles. The van der Waals surface area contributed by atoms with E-state index in [0.29, 0.717) is 12.0 Å². The molecule has 0 saturated carbocycles. The maximum atomic E-state index is 5.08. The predicted octanol–water partition coefficient (Wildman–Crippen LogP) is 2.86. The molecule has 0 amide bonds. The van der Waals surface area contributed by atoms with Crippen molar-refractivity contribution in [3.63, 3.8) is 0 Å². The summed E-state index contributed by atoms with van der Waals surface area (Å²) < 4.78 is 5.08. The molecule has 16 heavy (non-hydrogen) atoms. The Morgan fingerprint density at radius 1 is 1.44 bits per heavy atom. The fourth-order valence-electron chi connectivity index (χ4n) is 1.92. The molecule has 1 aromatic heterocycles. The Kier molecular flexibility index (Phi) is 6.61. The lowest BCUT2D eigenvalue weighted by Crippen LogP contribution is -2.30. The molecule has 92 valence electrons. The molecule has 1 unspecified atom stereocenters. The van der Waals surface area contributed by atoms with Gasteiger partial charge in [-0.05, 0) is 5.92 Å². The van der Waals surface area contributed by atoms with E-state index in [2.05, 4.69) is 24.1 Å². The van der Waals surface area contributed by atoms with Crippen LogP contribution in [0.1, 0.15) is 37.7 Å². The molecule has 1 atom stereocenters. The fourth-order valence-corrected chi connectivity index (χ4v) is 2.73. The van der Waals surface area contributed by atoms with Gasteiger partial charge in [0.2, 0.25) is 0 Å². The zero-order valence-corrected chi connectivity index (χ0v) is 11.2. The third-order valence-electron chi connectivity index (χ3n) is 2.91. The number of rotatable bonds is 8. The molecule has 0 aliphatic carbocycles. The van der Waals surface area contributed by atoms with E-state index in [1.807, 2.05) is 11.6 Å². The third-order valence-corrected chi connectivity index (χ3v) is 3.77. The summed E-state index contributed by atoms with van der Waals surface area (Å²) in [6.07, 6.45) is 4.24. The molecule has 0 bridgehead atoms. The predicted molar refractivity (Wildman–Crippen MR) is 68.8 cm³/mol. The fraction of sp³-hybridized carbons (Fsp3) is 0.750. The van der Waals surface area contributed by atoms with E-state index in [9.17, 15) is 0 Å². The van der Waals surface area contributed by atoms with Crippen molar-refractivity contribution in [2.75, 3.05) is 20.3 Å². The van der Waals surface area contributed by atoms with Crippen LogP contribution in [-0.2, 0) is 4.74 Å². The Bertz CT molecular complexity index is 260. The maximum absolute atomic E-state index is 5.08. The van der Waals surface area contributed by atoms with E-state index in [1.165, 1.54) is 17.8 Å². The summed E-state index contributed by atoms with van der Waals surface area (Å²) in [5, 5.41) is 6.79. The molecule has 0 spiro atoms. The number of aromatic nitrogens is 1. The Labute approximate surface area is 102 Å². The maximum Gasteiger partial charge on any atom is 0.110 e. The third kappa shape index (κ3) is 3.85. The van der Waals surface area contributed by atoms with Gasteiger partial charge in [-0.2, -0.15) is 0 Å². The number of thiazole rings is 1. The Morgan fingerprint density at radius 2 is 2.19 bits per heavy atom. The number of methoxy groups -OCH3 is 1. The van der Waals surface area contributed by atoms with Crippen molar-refractivity contribution < 1.29 is 4.74 Å². The van der Waals surface area contributed by atoms with Crippen LogP contribution in [0.5, 0.6) is 0 Å². The van der Waals surface area contributed by atoms with Crippen LogP contribution in [0.15, 0.2) is 11.6 Å². The molecule has 0 aromatic carbocycles. The van der Waals surface area contributed by atoms with E-state index in [4.69, 9.17) is 4.74 Å². The molecule has 3 nitrogen and oxygen atoms in total. The Morgan fingerprint density at radius 3 is 2.69 bits per heavy atom. The SMILES string of the molecule is CCC(CC)C(NCCOC)c1nccs1. The summed E-state index contributed by atoms with van der Waals surface area (Å²) in [4.78, 5) is 4.43. The molecule has 1 heterocycles. The van der Waals surface area contributed by atoms with Gasteiger partial charge in [0, 0.05) is 25.2 Å². The molecule has 4 heteroatoms. The van der Waals surface area contributed by atoms with Crippen LogP contribution in [0, 0.1) is 5.92 Å². The van der Waals surface area contributed by atoms with Crippen LogP contribution in [0.2, 0.25) is 0 Å². The van der Waals surface area contributed by atoms with Crippen molar-refractivity contribution in [2.24, 2.45) is 5.92 Å². The van der Waals surface area contributed by atoms with Gasteiger partial charge in [-0.1, -0.05) is 26.7 Å². The van der Waals surface area contributed by atoms with Gasteiger partial charge in [0.15, 0.2) is 0 Å². The van der Waals surface area contributed by atoms with E-state index in [1.54, 1.807) is 18.4 Å². The van der Waals surface area contributed by atoms with Crippen LogP contribution < -0.4 is 5.32 Å². The monoisotopic (exact) mass is 242 g/mol. The van der Waals surface area contributed by atoms with Crippen molar-refractivity contribution in [3.8, 4) is 0 Å². The van der Waals surface area contributed by atoms with Crippen LogP contribution in [0.3, 0.4) is 0 Å². The van der Waals surface area contributed by atoms with Crippen molar-refractivity contribution in [1.82, 2.24) is 10.3 Å². The summed E-state index contributed by atoms with van der Waals surface area (Å²) in [5.74, 6) is 0.656. The van der Waals surface area contributed by atoms with Crippen LogP contribution in [0.25, 0.3) is 0 Å². The van der Waals surface area contributed by atoms with E-state index in [-0.39, 0.29) is 0 Å². The topological polar surface area (TPSA) is 34.1 Å². The normalized spacial score (nSPS) is 13.2. The smallest absolute Gasteiger partial charge is 0.110 e. The highest BCUT2D eigenvalue weighted by Gasteiger charge is 2.21. The summed E-state index contributed by atoms with van der Waals surface area (Å²) in [6, 6.07) is 0.380. The molecular weight excluding hydrogens is 220 g/mol. The highest BCUT2D eigenvalue weighted by Crippen LogP contribution is 2.28. The number of nitrogens with one attached hydrogen (secondary N) is 1. The van der Waals surface area contributed by atoms with E-state index < -0.39 is 0 Å². The Hall–Kier alpha value is -0.450. The first kappa shape index (κ1) is 13.6. The summed E-state index contributed by atoms with van der Waals surface area (Å²) in [6.45, 7) is 6.12. The first-order valence-electron chi connectivity index (χ1n) is 5.95.